The first-order valence-electron chi connectivity index (χ1n) is 5.50. The summed E-state index contributed by atoms with van der Waals surface area (Å²) >= 11 is 0. The number of anilines is 1. The van der Waals surface area contributed by atoms with E-state index in [9.17, 15) is 0 Å². The Morgan fingerprint density at radius 2 is 1.93 bits per heavy atom. The third-order valence-corrected chi connectivity index (χ3v) is 3.37. The van der Waals surface area contributed by atoms with Crippen LogP contribution >= 0.6 is 0 Å². The Hall–Kier alpha value is -0.980. The molecule has 0 spiro atoms. The van der Waals surface area contributed by atoms with Crippen LogP contribution in [0.5, 0.6) is 0 Å². The van der Waals surface area contributed by atoms with Crippen LogP contribution in [0.1, 0.15) is 50.7 Å². The van der Waals surface area contributed by atoms with Gasteiger partial charge in [0.25, 0.3) is 0 Å². The van der Waals surface area contributed by atoms with Gasteiger partial charge in [0.2, 0.25) is 0 Å². The minimum Gasteiger partial charge on any atom is -0.382 e. The van der Waals surface area contributed by atoms with Crippen molar-refractivity contribution in [1.82, 2.24) is 0 Å². The highest BCUT2D eigenvalue weighted by molar-refractivity contribution is 5.60. The molecule has 14 heavy (non-hydrogen) atoms. The van der Waals surface area contributed by atoms with Crippen LogP contribution in [0.3, 0.4) is 0 Å². The van der Waals surface area contributed by atoms with E-state index in [0.29, 0.717) is 17.9 Å². The molecule has 2 unspecified atom stereocenters. The van der Waals surface area contributed by atoms with E-state index in [1.807, 2.05) is 0 Å². The monoisotopic (exact) mass is 189 g/mol. The average molecular weight is 189 g/mol. The van der Waals surface area contributed by atoms with Crippen molar-refractivity contribution in [3.63, 3.8) is 0 Å². The van der Waals surface area contributed by atoms with Crippen LogP contribution in [0.15, 0.2) is 18.2 Å². The molecule has 1 nitrogen and oxygen atoms in total. The van der Waals surface area contributed by atoms with E-state index >= 15 is 0 Å². The third-order valence-electron chi connectivity index (χ3n) is 3.37. The molecule has 0 fully saturated rings. The maximum atomic E-state index is 3.51. The van der Waals surface area contributed by atoms with E-state index in [-0.39, 0.29) is 0 Å². The molecular weight excluding hydrogens is 170 g/mol. The summed E-state index contributed by atoms with van der Waals surface area (Å²) in [6, 6.07) is 7.40. The van der Waals surface area contributed by atoms with E-state index in [1.54, 1.807) is 0 Å². The molecule has 1 aromatic carbocycles. The second kappa shape index (κ2) is 3.30. The molecular formula is C13H19N. The van der Waals surface area contributed by atoms with Crippen molar-refractivity contribution in [2.75, 3.05) is 5.32 Å². The molecule has 0 aromatic heterocycles. The smallest absolute Gasteiger partial charge is 0.0378 e. The summed E-state index contributed by atoms with van der Waals surface area (Å²) in [6.45, 7) is 9.05. The lowest BCUT2D eigenvalue weighted by atomic mass is 9.93. The summed E-state index contributed by atoms with van der Waals surface area (Å²) in [5.41, 5.74) is 4.27. The van der Waals surface area contributed by atoms with Crippen molar-refractivity contribution in [3.05, 3.63) is 29.3 Å². The summed E-state index contributed by atoms with van der Waals surface area (Å²) in [6.07, 6.45) is 0. The van der Waals surface area contributed by atoms with Gasteiger partial charge < -0.3 is 5.32 Å². The highest BCUT2D eigenvalue weighted by Crippen LogP contribution is 2.36. The van der Waals surface area contributed by atoms with Crippen molar-refractivity contribution < 1.29 is 0 Å². The predicted octanol–water partition coefficient (Wildman–Crippen LogP) is 3.73. The maximum absolute atomic E-state index is 3.51. The SMILES string of the molecule is CC(C)c1ccc2c(c1)C(C)C(C)N2. The Bertz CT molecular complexity index is 341. The van der Waals surface area contributed by atoms with Gasteiger partial charge in [-0.25, -0.2) is 0 Å². The molecule has 1 aliphatic rings. The molecule has 0 radical (unpaired) electrons. The number of benzene rings is 1. The molecule has 1 aromatic rings. The maximum Gasteiger partial charge on any atom is 0.0378 e. The number of fused-ring (bicyclic) bond motifs is 1. The first-order chi connectivity index (χ1) is 6.59. The van der Waals surface area contributed by atoms with Gasteiger partial charge in [-0.1, -0.05) is 32.9 Å². The largest absolute Gasteiger partial charge is 0.382 e. The summed E-state index contributed by atoms with van der Waals surface area (Å²) in [7, 11) is 0. The highest BCUT2D eigenvalue weighted by atomic mass is 15.0. The van der Waals surface area contributed by atoms with Gasteiger partial charge in [0.05, 0.1) is 0 Å². The molecule has 0 saturated carbocycles. The van der Waals surface area contributed by atoms with Gasteiger partial charge in [0, 0.05) is 17.6 Å². The lowest BCUT2D eigenvalue weighted by Crippen LogP contribution is -2.12. The van der Waals surface area contributed by atoms with Gasteiger partial charge in [-0.3, -0.25) is 0 Å². The Balaban J connectivity index is 2.41. The van der Waals surface area contributed by atoms with Crippen molar-refractivity contribution in [3.8, 4) is 0 Å². The number of nitrogens with one attached hydrogen (secondary N) is 1. The van der Waals surface area contributed by atoms with Crippen LogP contribution in [0, 0.1) is 0 Å². The molecule has 1 heterocycles. The first kappa shape index (κ1) is 9.57. The molecule has 1 aliphatic heterocycles. The van der Waals surface area contributed by atoms with Crippen molar-refractivity contribution in [1.29, 1.82) is 0 Å². The molecule has 1 heteroatoms. The highest BCUT2D eigenvalue weighted by Gasteiger charge is 2.25. The zero-order valence-corrected chi connectivity index (χ0v) is 9.46. The summed E-state index contributed by atoms with van der Waals surface area (Å²) < 4.78 is 0. The fraction of sp³-hybridized carbons (Fsp3) is 0.538. The quantitative estimate of drug-likeness (QED) is 0.710. The van der Waals surface area contributed by atoms with E-state index in [1.165, 1.54) is 16.8 Å². The molecule has 1 N–H and O–H groups in total. The molecule has 0 aliphatic carbocycles. The Morgan fingerprint density at radius 3 is 2.57 bits per heavy atom. The van der Waals surface area contributed by atoms with E-state index in [0.717, 1.165) is 0 Å². The van der Waals surface area contributed by atoms with Crippen LogP contribution < -0.4 is 5.32 Å². The Morgan fingerprint density at radius 1 is 1.21 bits per heavy atom. The fourth-order valence-corrected chi connectivity index (χ4v) is 2.09. The lowest BCUT2D eigenvalue weighted by Gasteiger charge is -2.10. The van der Waals surface area contributed by atoms with Gasteiger partial charge in [0.15, 0.2) is 0 Å². The van der Waals surface area contributed by atoms with Crippen LogP contribution in [-0.2, 0) is 0 Å². The van der Waals surface area contributed by atoms with Crippen LogP contribution in [0.25, 0.3) is 0 Å². The number of rotatable bonds is 1. The fourth-order valence-electron chi connectivity index (χ4n) is 2.09. The zero-order valence-electron chi connectivity index (χ0n) is 9.46. The van der Waals surface area contributed by atoms with Crippen molar-refractivity contribution >= 4 is 5.69 Å². The average Bonchev–Trinajstić information content (AvgIpc) is 2.43. The Labute approximate surface area is 86.5 Å². The lowest BCUT2D eigenvalue weighted by molar-refractivity contribution is 0.688. The van der Waals surface area contributed by atoms with E-state index in [4.69, 9.17) is 0 Å². The normalized spacial score (nSPS) is 24.9. The van der Waals surface area contributed by atoms with Crippen LogP contribution in [0.4, 0.5) is 5.69 Å². The van der Waals surface area contributed by atoms with E-state index < -0.39 is 0 Å². The standard InChI is InChI=1S/C13H19N/c1-8(2)11-5-6-13-12(7-11)9(3)10(4)14-13/h5-10,14H,1-4H3. The van der Waals surface area contributed by atoms with Crippen molar-refractivity contribution in [2.45, 2.75) is 45.6 Å². The molecule has 0 amide bonds. The summed E-state index contributed by atoms with van der Waals surface area (Å²) in [5.74, 6) is 1.27. The Kier molecular flexibility index (Phi) is 2.26. The molecule has 0 saturated heterocycles. The minimum absolute atomic E-state index is 0.576. The zero-order chi connectivity index (χ0) is 10.3. The molecule has 0 bridgehead atoms. The first-order valence-corrected chi connectivity index (χ1v) is 5.50. The van der Waals surface area contributed by atoms with Crippen LogP contribution in [0.2, 0.25) is 0 Å². The number of hydrogen-bond donors (Lipinski definition) is 1. The van der Waals surface area contributed by atoms with E-state index in [2.05, 4.69) is 51.2 Å². The van der Waals surface area contributed by atoms with Crippen LogP contribution in [-0.4, -0.2) is 6.04 Å². The topological polar surface area (TPSA) is 12.0 Å². The van der Waals surface area contributed by atoms with Gasteiger partial charge in [-0.15, -0.1) is 0 Å². The van der Waals surface area contributed by atoms with Gasteiger partial charge in [0.1, 0.15) is 0 Å². The van der Waals surface area contributed by atoms with Crippen molar-refractivity contribution in [2.24, 2.45) is 0 Å². The van der Waals surface area contributed by atoms with Gasteiger partial charge in [-0.2, -0.15) is 0 Å². The molecule has 76 valence electrons. The summed E-state index contributed by atoms with van der Waals surface area (Å²) in [5, 5.41) is 3.51. The number of hydrogen-bond acceptors (Lipinski definition) is 1. The second-order valence-corrected chi connectivity index (χ2v) is 4.72. The molecule has 2 rings (SSSR count). The third kappa shape index (κ3) is 1.41. The molecule has 2 atom stereocenters. The minimum atomic E-state index is 0.576. The van der Waals surface area contributed by atoms with Gasteiger partial charge in [-0.05, 0) is 30.0 Å². The summed E-state index contributed by atoms with van der Waals surface area (Å²) in [4.78, 5) is 0. The predicted molar refractivity (Wildman–Crippen MR) is 62.0 cm³/mol. The van der Waals surface area contributed by atoms with Gasteiger partial charge >= 0.3 is 0 Å². The second-order valence-electron chi connectivity index (χ2n) is 4.72.